The van der Waals surface area contributed by atoms with Gasteiger partial charge in [-0.05, 0) is 18.1 Å². The van der Waals surface area contributed by atoms with Gasteiger partial charge in [0.15, 0.2) is 9.84 Å². The lowest BCUT2D eigenvalue weighted by atomic mass is 9.82. The summed E-state index contributed by atoms with van der Waals surface area (Å²) in [7, 11) is -3.38. The van der Waals surface area contributed by atoms with Crippen LogP contribution in [-0.4, -0.2) is 23.1 Å². The minimum absolute atomic E-state index is 0.269. The van der Waals surface area contributed by atoms with Crippen molar-refractivity contribution in [3.8, 4) is 0 Å². The third kappa shape index (κ3) is 1.73. The zero-order valence-corrected chi connectivity index (χ0v) is 14.1. The van der Waals surface area contributed by atoms with E-state index in [0.29, 0.717) is 18.4 Å². The summed E-state index contributed by atoms with van der Waals surface area (Å²) in [5.41, 5.74) is 0.272. The Kier molecular flexibility index (Phi) is 2.91. The molecule has 4 rings (SSSR count). The normalized spacial score (nSPS) is 34.5. The molecule has 1 saturated carbocycles. The fourth-order valence-electron chi connectivity index (χ4n) is 3.57. The molecule has 2 aromatic carbocycles. The molecule has 1 fully saturated rings. The molecule has 0 radical (unpaired) electrons. The van der Waals surface area contributed by atoms with E-state index < -0.39 is 25.0 Å². The summed E-state index contributed by atoms with van der Waals surface area (Å²) in [6.07, 6.45) is 0.829. The second-order valence-electron chi connectivity index (χ2n) is 6.12. The van der Waals surface area contributed by atoms with Crippen LogP contribution < -0.4 is 0 Å². The van der Waals surface area contributed by atoms with Gasteiger partial charge in [0.2, 0.25) is 0 Å². The number of hydrogen-bond acceptors (Lipinski definition) is 3. The van der Waals surface area contributed by atoms with E-state index in [9.17, 15) is 13.5 Å². The van der Waals surface area contributed by atoms with E-state index in [1.165, 1.54) is 0 Å². The monoisotopic (exact) mass is 378 g/mol. The highest BCUT2D eigenvalue weighted by Crippen LogP contribution is 2.65. The highest BCUT2D eigenvalue weighted by molar-refractivity contribution is 9.10. The molecule has 0 amide bonds. The molecule has 0 saturated heterocycles. The third-order valence-corrected chi connectivity index (χ3v) is 8.96. The Morgan fingerprint density at radius 1 is 1.09 bits per heavy atom. The molecule has 5 heteroatoms. The number of benzene rings is 2. The fraction of sp³-hybridized carbons (Fsp3) is 0.294. The Labute approximate surface area is 138 Å². The van der Waals surface area contributed by atoms with Gasteiger partial charge in [0, 0.05) is 12.0 Å². The smallest absolute Gasteiger partial charge is 0.183 e. The molecule has 1 aliphatic carbocycles. The molecular weight excluding hydrogens is 364 g/mol. The van der Waals surface area contributed by atoms with E-state index in [0.717, 1.165) is 5.56 Å². The average molecular weight is 379 g/mol. The zero-order valence-electron chi connectivity index (χ0n) is 11.7. The van der Waals surface area contributed by atoms with Crippen LogP contribution in [0.4, 0.5) is 0 Å². The summed E-state index contributed by atoms with van der Waals surface area (Å²) >= 11 is 3.56. The van der Waals surface area contributed by atoms with Crippen LogP contribution in [-0.2, 0) is 21.9 Å². The standard InChI is InChI=1S/C17H15BrO3S/c18-16-11-15(16)22(20,21)14-9-5-4-8-13(14)17(16,19)10-12-6-2-1-3-7-12/h1-9,15,19H,10-11H2. The maximum Gasteiger partial charge on any atom is 0.183 e. The van der Waals surface area contributed by atoms with Gasteiger partial charge in [0.25, 0.3) is 0 Å². The summed E-state index contributed by atoms with van der Waals surface area (Å²) in [6, 6.07) is 16.5. The van der Waals surface area contributed by atoms with Crippen molar-refractivity contribution in [2.24, 2.45) is 0 Å². The first-order chi connectivity index (χ1) is 10.4. The minimum atomic E-state index is -3.38. The lowest BCUT2D eigenvalue weighted by Gasteiger charge is -2.39. The molecule has 3 nitrogen and oxygen atoms in total. The number of hydrogen-bond donors (Lipinski definition) is 1. The van der Waals surface area contributed by atoms with E-state index in [1.54, 1.807) is 24.3 Å². The molecule has 0 spiro atoms. The second-order valence-corrected chi connectivity index (χ2v) is 9.63. The SMILES string of the molecule is O=S1(=O)c2ccccc2C(O)(Cc2ccccc2)C2(Br)CC21. The van der Waals surface area contributed by atoms with Crippen molar-refractivity contribution >= 4 is 25.8 Å². The highest BCUT2D eigenvalue weighted by atomic mass is 79.9. The van der Waals surface area contributed by atoms with Crippen LogP contribution in [0.2, 0.25) is 0 Å². The predicted octanol–water partition coefficient (Wildman–Crippen LogP) is 2.81. The van der Waals surface area contributed by atoms with Gasteiger partial charge in [-0.15, -0.1) is 0 Å². The molecule has 22 heavy (non-hydrogen) atoms. The van der Waals surface area contributed by atoms with Gasteiger partial charge in [-0.3, -0.25) is 0 Å². The van der Waals surface area contributed by atoms with Crippen LogP contribution in [0, 0.1) is 0 Å². The third-order valence-electron chi connectivity index (χ3n) is 4.84. The Morgan fingerprint density at radius 2 is 1.73 bits per heavy atom. The average Bonchev–Trinajstić information content (AvgIpc) is 3.23. The highest BCUT2D eigenvalue weighted by Gasteiger charge is 2.74. The molecule has 3 atom stereocenters. The Hall–Kier alpha value is -1.17. The number of halogens is 1. The van der Waals surface area contributed by atoms with E-state index in [4.69, 9.17) is 0 Å². The summed E-state index contributed by atoms with van der Waals surface area (Å²) in [5.74, 6) is 0. The van der Waals surface area contributed by atoms with E-state index in [1.807, 2.05) is 30.3 Å². The Bertz CT molecular complexity index is 849. The number of sulfone groups is 1. The molecule has 0 aromatic heterocycles. The summed E-state index contributed by atoms with van der Waals surface area (Å²) in [4.78, 5) is 0.269. The lowest BCUT2D eigenvalue weighted by Crippen LogP contribution is -2.47. The number of alkyl halides is 1. The van der Waals surface area contributed by atoms with Crippen LogP contribution in [0.5, 0.6) is 0 Å². The largest absolute Gasteiger partial charge is 0.383 e. The maximum atomic E-state index is 12.7. The van der Waals surface area contributed by atoms with Crippen LogP contribution >= 0.6 is 15.9 Å². The molecule has 114 valence electrons. The van der Waals surface area contributed by atoms with Gasteiger partial charge < -0.3 is 5.11 Å². The van der Waals surface area contributed by atoms with Crippen LogP contribution in [0.1, 0.15) is 17.5 Å². The van der Waals surface area contributed by atoms with E-state index in [-0.39, 0.29) is 4.90 Å². The lowest BCUT2D eigenvalue weighted by molar-refractivity contribution is 0.0243. The van der Waals surface area contributed by atoms with Gasteiger partial charge in [-0.25, -0.2) is 8.42 Å². The molecular formula is C17H15BrO3S. The fourth-order valence-corrected chi connectivity index (χ4v) is 7.49. The Balaban J connectivity index is 1.92. The van der Waals surface area contributed by atoms with Crippen molar-refractivity contribution in [3.05, 3.63) is 65.7 Å². The first kappa shape index (κ1) is 14.4. The van der Waals surface area contributed by atoms with Gasteiger partial charge in [-0.1, -0.05) is 64.5 Å². The van der Waals surface area contributed by atoms with Crippen molar-refractivity contribution in [2.75, 3.05) is 0 Å². The van der Waals surface area contributed by atoms with E-state index >= 15 is 0 Å². The summed E-state index contributed by atoms with van der Waals surface area (Å²) < 4.78 is 24.5. The van der Waals surface area contributed by atoms with Crippen molar-refractivity contribution in [3.63, 3.8) is 0 Å². The van der Waals surface area contributed by atoms with Crippen molar-refractivity contribution < 1.29 is 13.5 Å². The molecule has 1 aliphatic heterocycles. The topological polar surface area (TPSA) is 54.4 Å². The molecule has 1 N–H and O–H groups in total. The molecule has 2 aliphatic rings. The van der Waals surface area contributed by atoms with Gasteiger partial charge in [-0.2, -0.15) is 0 Å². The number of rotatable bonds is 2. The van der Waals surface area contributed by atoms with Gasteiger partial charge >= 0.3 is 0 Å². The van der Waals surface area contributed by atoms with Crippen LogP contribution in [0.3, 0.4) is 0 Å². The number of fused-ring (bicyclic) bond motifs is 2. The Morgan fingerprint density at radius 3 is 2.45 bits per heavy atom. The number of aliphatic hydroxyl groups is 1. The quantitative estimate of drug-likeness (QED) is 0.817. The van der Waals surface area contributed by atoms with Crippen LogP contribution in [0.15, 0.2) is 59.5 Å². The van der Waals surface area contributed by atoms with Crippen molar-refractivity contribution in [1.29, 1.82) is 0 Å². The van der Waals surface area contributed by atoms with Crippen molar-refractivity contribution in [1.82, 2.24) is 0 Å². The zero-order chi connectivity index (χ0) is 15.6. The maximum absolute atomic E-state index is 12.7. The first-order valence-corrected chi connectivity index (χ1v) is 9.52. The predicted molar refractivity (Wildman–Crippen MR) is 87.7 cm³/mol. The van der Waals surface area contributed by atoms with Gasteiger partial charge in [0.05, 0.1) is 14.5 Å². The minimum Gasteiger partial charge on any atom is -0.383 e. The summed E-state index contributed by atoms with van der Waals surface area (Å²) in [6.45, 7) is 0. The van der Waals surface area contributed by atoms with Crippen molar-refractivity contribution in [2.45, 2.75) is 32.9 Å². The van der Waals surface area contributed by atoms with Gasteiger partial charge in [0.1, 0.15) is 5.60 Å². The molecule has 2 aromatic rings. The first-order valence-electron chi connectivity index (χ1n) is 7.18. The molecule has 3 unspecified atom stereocenters. The molecule has 1 heterocycles. The van der Waals surface area contributed by atoms with Crippen LogP contribution in [0.25, 0.3) is 0 Å². The van der Waals surface area contributed by atoms with E-state index in [2.05, 4.69) is 15.9 Å². The second kappa shape index (κ2) is 4.43. The summed E-state index contributed by atoms with van der Waals surface area (Å²) in [5, 5.41) is 10.9. The molecule has 0 bridgehead atoms.